The zero-order valence-electron chi connectivity index (χ0n) is 16.0. The molecule has 7 heteroatoms. The van der Waals surface area contributed by atoms with Crippen molar-refractivity contribution in [1.29, 1.82) is 0 Å². The molecule has 0 aromatic carbocycles. The number of amides is 2. The second-order valence-corrected chi connectivity index (χ2v) is 7.30. The third kappa shape index (κ3) is 3.71. The van der Waals surface area contributed by atoms with Crippen molar-refractivity contribution in [2.45, 2.75) is 52.0 Å². The van der Waals surface area contributed by atoms with Gasteiger partial charge in [0.2, 0.25) is 5.91 Å². The Morgan fingerprint density at radius 1 is 1.38 bits per heavy atom. The van der Waals surface area contributed by atoms with Gasteiger partial charge in [0.25, 0.3) is 5.91 Å². The molecule has 3 rings (SSSR count). The monoisotopic (exact) mass is 357 g/mol. The largest absolute Gasteiger partial charge is 0.355 e. The van der Waals surface area contributed by atoms with E-state index in [4.69, 9.17) is 4.98 Å². The van der Waals surface area contributed by atoms with Crippen LogP contribution in [0.3, 0.4) is 0 Å². The highest BCUT2D eigenvalue weighted by atomic mass is 16.2. The minimum atomic E-state index is -0.172. The summed E-state index contributed by atoms with van der Waals surface area (Å²) in [5, 5.41) is 7.97. The van der Waals surface area contributed by atoms with E-state index in [1.807, 2.05) is 31.5 Å². The van der Waals surface area contributed by atoms with Crippen LogP contribution in [0, 0.1) is 0 Å². The molecule has 7 nitrogen and oxygen atoms in total. The molecule has 0 spiro atoms. The Hall–Kier alpha value is -2.44. The molecule has 0 unspecified atom stereocenters. The van der Waals surface area contributed by atoms with Gasteiger partial charge in [-0.2, -0.15) is 5.10 Å². The van der Waals surface area contributed by atoms with Gasteiger partial charge in [-0.3, -0.25) is 9.59 Å². The molecule has 0 saturated heterocycles. The van der Waals surface area contributed by atoms with Gasteiger partial charge in [-0.1, -0.05) is 6.92 Å². The minimum Gasteiger partial charge on any atom is -0.355 e. The highest BCUT2D eigenvalue weighted by Gasteiger charge is 2.29. The predicted molar refractivity (Wildman–Crippen MR) is 100 cm³/mol. The number of carbonyl (C=O) groups excluding carboxylic acids is 2. The van der Waals surface area contributed by atoms with E-state index in [1.165, 1.54) is 4.90 Å². The van der Waals surface area contributed by atoms with Gasteiger partial charge in [0.05, 0.1) is 23.7 Å². The van der Waals surface area contributed by atoms with Crippen LogP contribution >= 0.6 is 0 Å². The van der Waals surface area contributed by atoms with E-state index in [1.54, 1.807) is 13.2 Å². The van der Waals surface area contributed by atoms with E-state index >= 15 is 0 Å². The fraction of sp³-hybridized carbons (Fsp3) is 0.579. The predicted octanol–water partition coefficient (Wildman–Crippen LogP) is 2.49. The fourth-order valence-corrected chi connectivity index (χ4v) is 2.99. The highest BCUT2D eigenvalue weighted by molar-refractivity contribution is 6.06. The number of nitrogens with zero attached hydrogens (tertiary/aromatic N) is 4. The minimum absolute atomic E-state index is 0.0414. The van der Waals surface area contributed by atoms with Crippen molar-refractivity contribution in [1.82, 2.24) is 25.0 Å². The van der Waals surface area contributed by atoms with Crippen LogP contribution in [-0.2, 0) is 4.79 Å². The SMILES string of the molecule is CCCNC(=O)CN(C)C(=O)c1cc(C2CC2)nc2c1cnn2C(C)C. The molecule has 2 heterocycles. The second kappa shape index (κ2) is 7.43. The third-order valence-corrected chi connectivity index (χ3v) is 4.60. The molecular weight excluding hydrogens is 330 g/mol. The van der Waals surface area contributed by atoms with E-state index in [9.17, 15) is 9.59 Å². The molecule has 0 aliphatic heterocycles. The number of hydrogen-bond donors (Lipinski definition) is 1. The number of rotatable bonds is 7. The normalized spacial score (nSPS) is 14.0. The summed E-state index contributed by atoms with van der Waals surface area (Å²) < 4.78 is 1.85. The number of likely N-dealkylation sites (N-methyl/N-ethyl adjacent to an activating group) is 1. The van der Waals surface area contributed by atoms with Crippen molar-refractivity contribution < 1.29 is 9.59 Å². The summed E-state index contributed by atoms with van der Waals surface area (Å²) in [5.41, 5.74) is 2.28. The lowest BCUT2D eigenvalue weighted by Crippen LogP contribution is -2.38. The molecular formula is C19H27N5O2. The van der Waals surface area contributed by atoms with Gasteiger partial charge in [0.15, 0.2) is 5.65 Å². The molecule has 0 atom stereocenters. The van der Waals surface area contributed by atoms with Crippen molar-refractivity contribution in [3.05, 3.63) is 23.5 Å². The lowest BCUT2D eigenvalue weighted by atomic mass is 10.1. The Labute approximate surface area is 153 Å². The van der Waals surface area contributed by atoms with E-state index in [0.717, 1.165) is 36.0 Å². The summed E-state index contributed by atoms with van der Waals surface area (Å²) >= 11 is 0. The Morgan fingerprint density at radius 2 is 2.12 bits per heavy atom. The van der Waals surface area contributed by atoms with Crippen LogP contribution in [0.25, 0.3) is 11.0 Å². The van der Waals surface area contributed by atoms with Crippen molar-refractivity contribution >= 4 is 22.8 Å². The number of pyridine rings is 1. The first-order valence-corrected chi connectivity index (χ1v) is 9.32. The molecule has 26 heavy (non-hydrogen) atoms. The quantitative estimate of drug-likeness (QED) is 0.825. The van der Waals surface area contributed by atoms with Crippen LogP contribution in [0.4, 0.5) is 0 Å². The number of nitrogens with one attached hydrogen (secondary N) is 1. The molecule has 0 bridgehead atoms. The fourth-order valence-electron chi connectivity index (χ4n) is 2.99. The zero-order valence-corrected chi connectivity index (χ0v) is 16.0. The van der Waals surface area contributed by atoms with E-state index in [-0.39, 0.29) is 24.4 Å². The molecule has 1 aliphatic rings. The summed E-state index contributed by atoms with van der Waals surface area (Å²) in [4.78, 5) is 31.2. The Morgan fingerprint density at radius 3 is 2.73 bits per heavy atom. The van der Waals surface area contributed by atoms with Gasteiger partial charge in [-0.05, 0) is 39.2 Å². The van der Waals surface area contributed by atoms with Crippen LogP contribution in [0.2, 0.25) is 0 Å². The third-order valence-electron chi connectivity index (χ3n) is 4.60. The molecule has 2 amide bonds. The van der Waals surface area contributed by atoms with Crippen LogP contribution < -0.4 is 5.32 Å². The van der Waals surface area contributed by atoms with Crippen molar-refractivity contribution in [3.8, 4) is 0 Å². The Kier molecular flexibility index (Phi) is 5.25. The lowest BCUT2D eigenvalue weighted by molar-refractivity contribution is -0.121. The molecule has 1 aliphatic carbocycles. The number of aromatic nitrogens is 3. The Balaban J connectivity index is 1.92. The molecule has 1 N–H and O–H groups in total. The maximum Gasteiger partial charge on any atom is 0.254 e. The van der Waals surface area contributed by atoms with E-state index in [2.05, 4.69) is 10.4 Å². The number of hydrogen-bond acceptors (Lipinski definition) is 4. The van der Waals surface area contributed by atoms with Gasteiger partial charge in [0.1, 0.15) is 0 Å². The van der Waals surface area contributed by atoms with Gasteiger partial charge in [-0.15, -0.1) is 0 Å². The van der Waals surface area contributed by atoms with Crippen molar-refractivity contribution in [2.75, 3.05) is 20.1 Å². The molecule has 140 valence electrons. The summed E-state index contributed by atoms with van der Waals surface area (Å²) in [7, 11) is 1.66. The zero-order chi connectivity index (χ0) is 18.8. The summed E-state index contributed by atoms with van der Waals surface area (Å²) in [5.74, 6) is 0.113. The molecule has 1 fully saturated rings. The van der Waals surface area contributed by atoms with Crippen LogP contribution in [0.5, 0.6) is 0 Å². The molecule has 0 radical (unpaired) electrons. The maximum absolute atomic E-state index is 13.0. The standard InChI is InChI=1S/C19H27N5O2/c1-5-8-20-17(25)11-23(4)19(26)14-9-16(13-6-7-13)22-18-15(14)10-21-24(18)12(2)3/h9-10,12-13H,5-8,11H2,1-4H3,(H,20,25). The molecule has 1 saturated carbocycles. The first kappa shape index (κ1) is 18.4. The van der Waals surface area contributed by atoms with E-state index < -0.39 is 0 Å². The van der Waals surface area contributed by atoms with Crippen LogP contribution in [0.15, 0.2) is 12.3 Å². The van der Waals surface area contributed by atoms with Crippen LogP contribution in [0.1, 0.15) is 68.0 Å². The second-order valence-electron chi connectivity index (χ2n) is 7.30. The van der Waals surface area contributed by atoms with Gasteiger partial charge in [-0.25, -0.2) is 9.67 Å². The van der Waals surface area contributed by atoms with Crippen molar-refractivity contribution in [2.24, 2.45) is 0 Å². The smallest absolute Gasteiger partial charge is 0.254 e. The summed E-state index contributed by atoms with van der Waals surface area (Å²) in [6, 6.07) is 2.05. The first-order chi connectivity index (χ1) is 12.4. The van der Waals surface area contributed by atoms with E-state index in [0.29, 0.717) is 18.0 Å². The average molecular weight is 357 g/mol. The van der Waals surface area contributed by atoms with Crippen LogP contribution in [-0.4, -0.2) is 51.6 Å². The van der Waals surface area contributed by atoms with Gasteiger partial charge >= 0.3 is 0 Å². The number of fused-ring (bicyclic) bond motifs is 1. The number of carbonyl (C=O) groups is 2. The van der Waals surface area contributed by atoms with Crippen molar-refractivity contribution in [3.63, 3.8) is 0 Å². The first-order valence-electron chi connectivity index (χ1n) is 9.32. The summed E-state index contributed by atoms with van der Waals surface area (Å²) in [6.07, 6.45) is 4.79. The van der Waals surface area contributed by atoms with Gasteiger partial charge < -0.3 is 10.2 Å². The molecule has 2 aromatic heterocycles. The average Bonchev–Trinajstić information content (AvgIpc) is 3.37. The topological polar surface area (TPSA) is 80.1 Å². The maximum atomic E-state index is 13.0. The van der Waals surface area contributed by atoms with Gasteiger partial charge in [0, 0.05) is 31.2 Å². The molecule has 2 aromatic rings. The highest BCUT2D eigenvalue weighted by Crippen LogP contribution is 2.40. The summed E-state index contributed by atoms with van der Waals surface area (Å²) in [6.45, 7) is 6.74. The Bertz CT molecular complexity index is 823. The lowest BCUT2D eigenvalue weighted by Gasteiger charge is -2.18.